The SMILES string of the molecule is CC/C(=C(\c1ccc(O)cc1)c1ccc(OCCN(C)C(=O)COCCOCCOCCOC(=O)N2CCC([C@H](NC(=O)[C@H](C)NC)C(=O)N3CCC[C@H]3c3nc4c(-c5ccccc5)nccc4s3)CC2)cc1)c1ccccc1. The number of carbonyl (C=O) groups excluding carboxylic acids is 4. The van der Waals surface area contributed by atoms with Crippen LogP contribution in [0.25, 0.3) is 32.6 Å². The number of hydrogen-bond acceptors (Lipinski definition) is 14. The number of likely N-dealkylation sites (N-methyl/N-ethyl adjacent to an activating group) is 2. The van der Waals surface area contributed by atoms with Gasteiger partial charge in [-0.25, -0.2) is 9.78 Å². The number of pyridine rings is 1. The Morgan fingerprint density at radius 2 is 1.42 bits per heavy atom. The number of allylic oxidation sites excluding steroid dienone is 1. The standard InChI is InChI=1S/C61H73N7O10S/c1-5-50(43-13-8-6-9-14-43)54(44-18-22-48(69)23-19-44)45-20-24-49(25-21-45)77-34-33-66(4)53(70)41-76-38-37-74-35-36-75-39-40-78-61(73)67-31-27-47(28-32-67)56(64-58(71)42(2)62-3)60(72)68-30-12-17-51(68)59-65-57-52(79-59)26-29-63-55(57)46-15-10-7-11-16-46/h6-11,13-16,18-26,29,42,47,51,56,62,69H,5,12,17,27-28,30-41H2,1-4H3,(H,64,71)/b54-50-/t42-,51-,56-/m0/s1. The molecular weight excluding hydrogens is 1020 g/mol. The molecule has 3 N–H and O–H groups in total. The molecule has 0 unspecified atom stereocenters. The molecule has 4 amide bonds. The molecule has 18 heteroatoms. The minimum atomic E-state index is -0.768. The molecule has 79 heavy (non-hydrogen) atoms. The van der Waals surface area contributed by atoms with E-state index in [0.29, 0.717) is 58.0 Å². The second-order valence-electron chi connectivity index (χ2n) is 19.6. The van der Waals surface area contributed by atoms with E-state index < -0.39 is 18.2 Å². The van der Waals surface area contributed by atoms with Crippen LogP contribution in [0.4, 0.5) is 4.79 Å². The van der Waals surface area contributed by atoms with Crippen LogP contribution in [0.3, 0.4) is 0 Å². The van der Waals surface area contributed by atoms with Gasteiger partial charge >= 0.3 is 6.09 Å². The fourth-order valence-electron chi connectivity index (χ4n) is 9.93. The Morgan fingerprint density at radius 3 is 2.09 bits per heavy atom. The highest BCUT2D eigenvalue weighted by molar-refractivity contribution is 7.18. The summed E-state index contributed by atoms with van der Waals surface area (Å²) in [7, 11) is 3.42. The summed E-state index contributed by atoms with van der Waals surface area (Å²) in [6, 6.07) is 35.9. The van der Waals surface area contributed by atoms with E-state index in [1.165, 1.54) is 5.57 Å². The number of nitrogens with one attached hydrogen (secondary N) is 2. The molecule has 8 rings (SSSR count). The highest BCUT2D eigenvalue weighted by Gasteiger charge is 2.41. The molecule has 2 aromatic heterocycles. The lowest BCUT2D eigenvalue weighted by Gasteiger charge is -2.37. The van der Waals surface area contributed by atoms with Gasteiger partial charge in [0.25, 0.3) is 0 Å². The van der Waals surface area contributed by atoms with Gasteiger partial charge in [-0.1, -0.05) is 91.9 Å². The number of rotatable bonds is 26. The Bertz CT molecular complexity index is 2950. The highest BCUT2D eigenvalue weighted by atomic mass is 32.1. The third-order valence-corrected chi connectivity index (χ3v) is 15.6. The van der Waals surface area contributed by atoms with Gasteiger partial charge in [-0.15, -0.1) is 11.3 Å². The van der Waals surface area contributed by atoms with Crippen LogP contribution in [0.5, 0.6) is 11.5 Å². The summed E-state index contributed by atoms with van der Waals surface area (Å²) in [4.78, 5) is 68.6. The van der Waals surface area contributed by atoms with Gasteiger partial charge in [0.1, 0.15) is 47.9 Å². The van der Waals surface area contributed by atoms with Crippen molar-refractivity contribution in [2.24, 2.45) is 5.92 Å². The monoisotopic (exact) mass is 1100 g/mol. The molecule has 2 saturated heterocycles. The number of thiazole rings is 1. The molecule has 418 valence electrons. The summed E-state index contributed by atoms with van der Waals surface area (Å²) in [5, 5.41) is 16.9. The van der Waals surface area contributed by atoms with Gasteiger partial charge in [0.15, 0.2) is 0 Å². The maximum absolute atomic E-state index is 14.6. The number of ether oxygens (including phenoxy) is 5. The largest absolute Gasteiger partial charge is 0.508 e. The van der Waals surface area contributed by atoms with Gasteiger partial charge in [-0.3, -0.25) is 19.4 Å². The normalized spacial score (nSPS) is 15.8. The van der Waals surface area contributed by atoms with Gasteiger partial charge in [-0.2, -0.15) is 0 Å². The Kier molecular flexibility index (Phi) is 21.4. The lowest BCUT2D eigenvalue weighted by Crippen LogP contribution is -2.57. The summed E-state index contributed by atoms with van der Waals surface area (Å²) >= 11 is 1.58. The Labute approximate surface area is 466 Å². The van der Waals surface area contributed by atoms with Crippen molar-refractivity contribution in [1.82, 2.24) is 35.3 Å². The van der Waals surface area contributed by atoms with Crippen LogP contribution in [0, 0.1) is 5.92 Å². The van der Waals surface area contributed by atoms with Crippen molar-refractivity contribution < 1.29 is 48.0 Å². The van der Waals surface area contributed by atoms with Crippen molar-refractivity contribution in [1.29, 1.82) is 0 Å². The average molecular weight is 1100 g/mol. The van der Waals surface area contributed by atoms with Crippen LogP contribution in [0.15, 0.2) is 121 Å². The number of phenols is 1. The lowest BCUT2D eigenvalue weighted by atomic mass is 9.88. The number of nitrogens with zero attached hydrogens (tertiary/aromatic N) is 5. The fourth-order valence-corrected chi connectivity index (χ4v) is 11.0. The van der Waals surface area contributed by atoms with E-state index in [1.807, 2.05) is 95.9 Å². The predicted octanol–water partition coefficient (Wildman–Crippen LogP) is 8.63. The number of benzene rings is 4. The fraction of sp³-hybridized carbons (Fsp3) is 0.410. The van der Waals surface area contributed by atoms with E-state index in [-0.39, 0.29) is 75.1 Å². The van der Waals surface area contributed by atoms with Crippen molar-refractivity contribution in [2.75, 3.05) is 93.1 Å². The minimum absolute atomic E-state index is 0.0639. The van der Waals surface area contributed by atoms with E-state index in [0.717, 1.165) is 68.0 Å². The zero-order chi connectivity index (χ0) is 55.5. The van der Waals surface area contributed by atoms with E-state index in [9.17, 15) is 24.3 Å². The summed E-state index contributed by atoms with van der Waals surface area (Å²) in [6.45, 7) is 7.16. The first-order chi connectivity index (χ1) is 38.5. The molecule has 6 aromatic rings. The molecule has 0 radical (unpaired) electrons. The molecule has 0 saturated carbocycles. The molecule has 4 heterocycles. The number of fused-ring (bicyclic) bond motifs is 1. The highest BCUT2D eigenvalue weighted by Crippen LogP contribution is 2.40. The van der Waals surface area contributed by atoms with Crippen molar-refractivity contribution in [3.63, 3.8) is 0 Å². The number of phenolic OH excluding ortho intramolecular Hbond substituents is 1. The molecule has 17 nitrogen and oxygen atoms in total. The number of piperidine rings is 1. The van der Waals surface area contributed by atoms with Crippen LogP contribution in [-0.2, 0) is 33.3 Å². The third-order valence-electron chi connectivity index (χ3n) is 14.5. The van der Waals surface area contributed by atoms with Gasteiger partial charge in [-0.05, 0) is 110 Å². The summed E-state index contributed by atoms with van der Waals surface area (Å²) in [5.41, 5.74) is 8.05. The first-order valence-electron chi connectivity index (χ1n) is 27.3. The minimum Gasteiger partial charge on any atom is -0.508 e. The molecule has 0 aliphatic carbocycles. The van der Waals surface area contributed by atoms with E-state index in [1.54, 1.807) is 60.5 Å². The number of aromatic hydroxyl groups is 1. The molecule has 0 spiro atoms. The number of hydrogen-bond donors (Lipinski definition) is 3. The average Bonchev–Trinajstić information content (AvgIpc) is 4.34. The molecular formula is C61H73N7O10S. The zero-order valence-electron chi connectivity index (χ0n) is 45.6. The second kappa shape index (κ2) is 29.1. The van der Waals surface area contributed by atoms with Crippen LogP contribution in [-0.4, -0.2) is 159 Å². The van der Waals surface area contributed by atoms with Crippen LogP contribution in [0.1, 0.15) is 73.7 Å². The van der Waals surface area contributed by atoms with E-state index >= 15 is 0 Å². The summed E-state index contributed by atoms with van der Waals surface area (Å²) in [6.07, 6.45) is 4.77. The van der Waals surface area contributed by atoms with Gasteiger partial charge in [0, 0.05) is 38.4 Å². The number of likely N-dealkylation sites (tertiary alicyclic amines) is 2. The van der Waals surface area contributed by atoms with Crippen LogP contribution >= 0.6 is 11.3 Å². The Hall–Kier alpha value is -7.22. The van der Waals surface area contributed by atoms with Crippen molar-refractivity contribution in [3.8, 4) is 22.8 Å². The van der Waals surface area contributed by atoms with Crippen LogP contribution < -0.4 is 15.4 Å². The van der Waals surface area contributed by atoms with Crippen molar-refractivity contribution in [2.45, 2.75) is 64.1 Å². The van der Waals surface area contributed by atoms with Crippen LogP contribution in [0.2, 0.25) is 0 Å². The molecule has 3 atom stereocenters. The number of amides is 4. The van der Waals surface area contributed by atoms with E-state index in [4.69, 9.17) is 28.7 Å². The molecule has 0 bridgehead atoms. The van der Waals surface area contributed by atoms with Gasteiger partial charge < -0.3 is 54.1 Å². The summed E-state index contributed by atoms with van der Waals surface area (Å²) < 4.78 is 29.3. The van der Waals surface area contributed by atoms with Crippen molar-refractivity contribution >= 4 is 56.5 Å². The third kappa shape index (κ3) is 15.5. The smallest absolute Gasteiger partial charge is 0.409 e. The Morgan fingerprint density at radius 1 is 0.772 bits per heavy atom. The van der Waals surface area contributed by atoms with Gasteiger partial charge in [0.05, 0.1) is 62.1 Å². The Balaban J connectivity index is 0.696. The van der Waals surface area contributed by atoms with E-state index in [2.05, 4.69) is 34.7 Å². The number of carbonyl (C=O) groups is 4. The first-order valence-corrected chi connectivity index (χ1v) is 28.1. The second-order valence-corrected chi connectivity index (χ2v) is 20.7. The topological polar surface area (TPSA) is 194 Å². The molecule has 2 aliphatic heterocycles. The maximum atomic E-state index is 14.6. The molecule has 2 fully saturated rings. The van der Waals surface area contributed by atoms with Crippen molar-refractivity contribution in [3.05, 3.63) is 143 Å². The quantitative estimate of drug-likeness (QED) is 0.0346. The molecule has 2 aliphatic rings. The first kappa shape index (κ1) is 57.9. The molecule has 4 aromatic carbocycles. The number of aromatic nitrogens is 2. The summed E-state index contributed by atoms with van der Waals surface area (Å²) in [5.74, 6) is 0.146. The predicted molar refractivity (Wildman–Crippen MR) is 305 cm³/mol. The lowest BCUT2D eigenvalue weighted by molar-refractivity contribution is -0.139. The maximum Gasteiger partial charge on any atom is 0.409 e. The zero-order valence-corrected chi connectivity index (χ0v) is 46.5. The van der Waals surface area contributed by atoms with Gasteiger partial charge in [0.2, 0.25) is 17.7 Å².